The number of rotatable bonds is 2. The number of carbonyl (C=O) groups is 1. The van der Waals surface area contributed by atoms with Crippen LogP contribution in [0.3, 0.4) is 0 Å². The van der Waals surface area contributed by atoms with E-state index in [0.29, 0.717) is 0 Å². The number of Topliss-reactive ketones (excluding diaryl/α,β-unsaturated/α-hetero) is 1. The van der Waals surface area contributed by atoms with Crippen molar-refractivity contribution in [1.82, 2.24) is 0 Å². The highest BCUT2D eigenvalue weighted by Crippen LogP contribution is 2.34. The molecule has 1 aliphatic rings. The normalized spacial score (nSPS) is 15.1. The van der Waals surface area contributed by atoms with E-state index < -0.39 is 0 Å². The minimum absolute atomic E-state index is 0.0339. The molecule has 1 aromatic carbocycles. The average Bonchev–Trinajstić information content (AvgIpc) is 2.53. The molecule has 0 amide bonds. The van der Waals surface area contributed by atoms with E-state index in [4.69, 9.17) is 4.74 Å². The lowest BCUT2D eigenvalue weighted by Crippen LogP contribution is -2.08. The van der Waals surface area contributed by atoms with E-state index in [2.05, 4.69) is 15.9 Å². The lowest BCUT2D eigenvalue weighted by Gasteiger charge is -2.12. The van der Waals surface area contributed by atoms with Gasteiger partial charge >= 0.3 is 0 Å². The Bertz CT molecular complexity index is 438. The van der Waals surface area contributed by atoms with Gasteiger partial charge in [-0.15, -0.1) is 0 Å². The summed E-state index contributed by atoms with van der Waals surface area (Å²) in [5.41, 5.74) is 1.94. The van der Waals surface area contributed by atoms with Gasteiger partial charge in [-0.2, -0.15) is 0 Å². The van der Waals surface area contributed by atoms with Crippen molar-refractivity contribution in [3.8, 4) is 5.75 Å². The third kappa shape index (κ3) is 2.71. The van der Waals surface area contributed by atoms with Gasteiger partial charge in [-0.1, -0.05) is 13.8 Å². The van der Waals surface area contributed by atoms with Gasteiger partial charge in [-0.25, -0.2) is 0 Å². The summed E-state index contributed by atoms with van der Waals surface area (Å²) in [5.74, 6) is 1.15. The third-order valence-electron chi connectivity index (χ3n) is 3.02. The Hall–Kier alpha value is -0.830. The molecule has 3 heteroatoms. The molecule has 2 rings (SSSR count). The maximum absolute atomic E-state index is 12.0. The van der Waals surface area contributed by atoms with Crippen LogP contribution in [-0.2, 0) is 6.42 Å². The highest BCUT2D eigenvalue weighted by atomic mass is 79.9. The van der Waals surface area contributed by atoms with Gasteiger partial charge in [0.25, 0.3) is 0 Å². The SMILES string of the molecule is CC(C)C(=O)c1cc(Br)c2c(c1)CCCCO2. The maximum Gasteiger partial charge on any atom is 0.165 e. The third-order valence-corrected chi connectivity index (χ3v) is 3.61. The molecule has 0 saturated carbocycles. The van der Waals surface area contributed by atoms with Gasteiger partial charge in [0.2, 0.25) is 0 Å². The van der Waals surface area contributed by atoms with Crippen LogP contribution in [0.5, 0.6) is 5.75 Å². The number of benzene rings is 1. The molecule has 1 heterocycles. The van der Waals surface area contributed by atoms with E-state index >= 15 is 0 Å². The highest BCUT2D eigenvalue weighted by Gasteiger charge is 2.18. The molecule has 92 valence electrons. The first-order valence-corrected chi connectivity index (χ1v) is 6.88. The zero-order valence-electron chi connectivity index (χ0n) is 10.3. The lowest BCUT2D eigenvalue weighted by molar-refractivity contribution is 0.0939. The summed E-state index contributed by atoms with van der Waals surface area (Å²) >= 11 is 3.51. The molecule has 2 nitrogen and oxygen atoms in total. The number of carbonyl (C=O) groups excluding carboxylic acids is 1. The number of aryl methyl sites for hydroxylation is 1. The number of hydrogen-bond acceptors (Lipinski definition) is 2. The monoisotopic (exact) mass is 296 g/mol. The summed E-state index contributed by atoms with van der Waals surface area (Å²) in [6, 6.07) is 3.88. The van der Waals surface area contributed by atoms with Gasteiger partial charge in [0, 0.05) is 11.5 Å². The van der Waals surface area contributed by atoms with Crippen LogP contribution < -0.4 is 4.74 Å². The quantitative estimate of drug-likeness (QED) is 0.771. The molecular weight excluding hydrogens is 280 g/mol. The molecule has 0 saturated heterocycles. The van der Waals surface area contributed by atoms with E-state index in [1.54, 1.807) is 0 Å². The second-order valence-corrected chi connectivity index (χ2v) is 5.63. The predicted molar refractivity (Wildman–Crippen MR) is 71.7 cm³/mol. The molecule has 0 aromatic heterocycles. The molecule has 0 unspecified atom stereocenters. The fourth-order valence-electron chi connectivity index (χ4n) is 2.07. The summed E-state index contributed by atoms with van der Waals surface area (Å²) in [5, 5.41) is 0. The van der Waals surface area contributed by atoms with Crippen molar-refractivity contribution in [3.63, 3.8) is 0 Å². The van der Waals surface area contributed by atoms with Gasteiger partial charge in [0.1, 0.15) is 5.75 Å². The molecule has 0 bridgehead atoms. The first kappa shape index (κ1) is 12.6. The van der Waals surface area contributed by atoms with Crippen molar-refractivity contribution >= 4 is 21.7 Å². The largest absolute Gasteiger partial charge is 0.492 e. The van der Waals surface area contributed by atoms with Gasteiger partial charge < -0.3 is 4.74 Å². The molecule has 17 heavy (non-hydrogen) atoms. The minimum atomic E-state index is 0.0339. The second kappa shape index (κ2) is 5.21. The number of ketones is 1. The lowest BCUT2D eigenvalue weighted by atomic mass is 9.97. The summed E-state index contributed by atoms with van der Waals surface area (Å²) in [6.45, 7) is 4.62. The summed E-state index contributed by atoms with van der Waals surface area (Å²) < 4.78 is 6.62. The van der Waals surface area contributed by atoms with Crippen molar-refractivity contribution in [2.45, 2.75) is 33.1 Å². The van der Waals surface area contributed by atoms with Crippen LogP contribution in [0.4, 0.5) is 0 Å². The van der Waals surface area contributed by atoms with Crippen LogP contribution in [0, 0.1) is 5.92 Å². The van der Waals surface area contributed by atoms with Gasteiger partial charge in [-0.3, -0.25) is 4.79 Å². The van der Waals surface area contributed by atoms with Crippen LogP contribution in [0.1, 0.15) is 42.6 Å². The Balaban J connectivity index is 2.42. The Labute approximate surface area is 110 Å². The fraction of sp³-hybridized carbons (Fsp3) is 0.500. The Morgan fingerprint density at radius 1 is 1.35 bits per heavy atom. The zero-order chi connectivity index (χ0) is 12.4. The first-order chi connectivity index (χ1) is 8.09. The first-order valence-electron chi connectivity index (χ1n) is 6.09. The zero-order valence-corrected chi connectivity index (χ0v) is 11.8. The molecule has 1 aromatic rings. The van der Waals surface area contributed by atoms with Gasteiger partial charge in [-0.05, 0) is 52.9 Å². The van der Waals surface area contributed by atoms with Crippen molar-refractivity contribution in [2.75, 3.05) is 6.61 Å². The van der Waals surface area contributed by atoms with Crippen molar-refractivity contribution in [3.05, 3.63) is 27.7 Å². The molecule has 0 radical (unpaired) electrons. The molecule has 0 N–H and O–H groups in total. The summed E-state index contributed by atoms with van der Waals surface area (Å²) in [6.07, 6.45) is 3.19. The number of fused-ring (bicyclic) bond motifs is 1. The Morgan fingerprint density at radius 2 is 2.12 bits per heavy atom. The Kier molecular flexibility index (Phi) is 3.87. The molecule has 0 fully saturated rings. The van der Waals surface area contributed by atoms with E-state index in [1.165, 1.54) is 0 Å². The molecule has 1 aliphatic heterocycles. The topological polar surface area (TPSA) is 26.3 Å². The average molecular weight is 297 g/mol. The number of ether oxygens (including phenoxy) is 1. The van der Waals surface area contributed by atoms with Gasteiger partial charge in [0.15, 0.2) is 5.78 Å². The standard InChI is InChI=1S/C14H17BrO2/c1-9(2)13(16)11-7-10-5-3-4-6-17-14(10)12(15)8-11/h7-9H,3-6H2,1-2H3. The number of halogens is 1. The number of hydrogen-bond donors (Lipinski definition) is 0. The molecule has 0 atom stereocenters. The molecular formula is C14H17BrO2. The smallest absolute Gasteiger partial charge is 0.165 e. The molecule has 0 aliphatic carbocycles. The Morgan fingerprint density at radius 3 is 2.82 bits per heavy atom. The van der Waals surface area contributed by atoms with Crippen molar-refractivity contribution in [2.24, 2.45) is 5.92 Å². The van der Waals surface area contributed by atoms with Crippen LogP contribution >= 0.6 is 15.9 Å². The van der Waals surface area contributed by atoms with Crippen LogP contribution in [0.15, 0.2) is 16.6 Å². The van der Waals surface area contributed by atoms with Crippen LogP contribution in [0.2, 0.25) is 0 Å². The van der Waals surface area contributed by atoms with Crippen molar-refractivity contribution < 1.29 is 9.53 Å². The minimum Gasteiger partial charge on any atom is -0.492 e. The van der Waals surface area contributed by atoms with Crippen LogP contribution in [0.25, 0.3) is 0 Å². The summed E-state index contributed by atoms with van der Waals surface area (Å²) in [7, 11) is 0. The van der Waals surface area contributed by atoms with Gasteiger partial charge in [0.05, 0.1) is 11.1 Å². The van der Waals surface area contributed by atoms with Crippen molar-refractivity contribution in [1.29, 1.82) is 0 Å². The van der Waals surface area contributed by atoms with E-state index in [0.717, 1.165) is 47.2 Å². The van der Waals surface area contributed by atoms with E-state index in [-0.39, 0.29) is 11.7 Å². The highest BCUT2D eigenvalue weighted by molar-refractivity contribution is 9.10. The maximum atomic E-state index is 12.0. The fourth-order valence-corrected chi connectivity index (χ4v) is 2.68. The van der Waals surface area contributed by atoms with E-state index in [1.807, 2.05) is 26.0 Å². The van der Waals surface area contributed by atoms with E-state index in [9.17, 15) is 4.79 Å². The second-order valence-electron chi connectivity index (χ2n) is 4.77. The predicted octanol–water partition coefficient (Wildman–Crippen LogP) is 4.00. The van der Waals surface area contributed by atoms with Crippen LogP contribution in [-0.4, -0.2) is 12.4 Å². The summed E-state index contributed by atoms with van der Waals surface area (Å²) in [4.78, 5) is 12.0. The molecule has 0 spiro atoms.